The van der Waals surface area contributed by atoms with Crippen LogP contribution in [0.2, 0.25) is 0 Å². The summed E-state index contributed by atoms with van der Waals surface area (Å²) in [4.78, 5) is 14.7. The molecule has 0 aromatic heterocycles. The highest BCUT2D eigenvalue weighted by Gasteiger charge is 2.38. The largest absolute Gasteiger partial charge is 0.378 e. The van der Waals surface area contributed by atoms with E-state index in [1.807, 2.05) is 33.2 Å². The number of hydrogen-bond acceptors (Lipinski definition) is 3. The van der Waals surface area contributed by atoms with Gasteiger partial charge in [-0.1, -0.05) is 19.3 Å². The minimum Gasteiger partial charge on any atom is -0.378 e. The van der Waals surface area contributed by atoms with Gasteiger partial charge in [-0.05, 0) is 43.5 Å². The molecular formula is C17H27N3O. The molecule has 1 aromatic rings. The number of amides is 1. The number of hydrogen-bond donors (Lipinski definition) is 2. The van der Waals surface area contributed by atoms with Crippen molar-refractivity contribution in [2.75, 3.05) is 30.9 Å². The average Bonchev–Trinajstić information content (AvgIpc) is 2.49. The summed E-state index contributed by atoms with van der Waals surface area (Å²) >= 11 is 0. The zero-order valence-electron chi connectivity index (χ0n) is 13.4. The first kappa shape index (κ1) is 15.8. The predicted molar refractivity (Wildman–Crippen MR) is 88.7 cm³/mol. The molecule has 0 atom stereocenters. The van der Waals surface area contributed by atoms with Crippen molar-refractivity contribution in [2.24, 2.45) is 11.1 Å². The summed E-state index contributed by atoms with van der Waals surface area (Å²) < 4.78 is 0. The molecule has 1 amide bonds. The van der Waals surface area contributed by atoms with Crippen molar-refractivity contribution in [3.05, 3.63) is 23.8 Å². The van der Waals surface area contributed by atoms with Crippen LogP contribution in [0.3, 0.4) is 0 Å². The molecule has 3 N–H and O–H groups in total. The SMILES string of the molecule is Cc1cc(N(C)C)ccc1NC(=O)C1(CN)CCCCC1. The summed E-state index contributed by atoms with van der Waals surface area (Å²) in [5.74, 6) is 0.0883. The van der Waals surface area contributed by atoms with Gasteiger partial charge in [0.25, 0.3) is 0 Å². The van der Waals surface area contributed by atoms with E-state index in [1.165, 1.54) is 6.42 Å². The summed E-state index contributed by atoms with van der Waals surface area (Å²) in [6.45, 7) is 2.46. The van der Waals surface area contributed by atoms with Crippen LogP contribution in [0.1, 0.15) is 37.7 Å². The number of aryl methyl sites for hydroxylation is 1. The molecule has 0 heterocycles. The maximum atomic E-state index is 12.7. The van der Waals surface area contributed by atoms with Gasteiger partial charge in [-0.2, -0.15) is 0 Å². The van der Waals surface area contributed by atoms with Crippen LogP contribution >= 0.6 is 0 Å². The number of anilines is 2. The Morgan fingerprint density at radius 3 is 2.48 bits per heavy atom. The standard InChI is InChI=1S/C17H27N3O/c1-13-11-14(20(2)3)7-8-15(13)19-16(21)17(12-18)9-5-4-6-10-17/h7-8,11H,4-6,9-10,12,18H2,1-3H3,(H,19,21). The van der Waals surface area contributed by atoms with Crippen LogP contribution in [0.5, 0.6) is 0 Å². The van der Waals surface area contributed by atoms with Crippen LogP contribution in [0.25, 0.3) is 0 Å². The van der Waals surface area contributed by atoms with E-state index in [-0.39, 0.29) is 11.3 Å². The highest BCUT2D eigenvalue weighted by Crippen LogP contribution is 2.36. The number of carbonyl (C=O) groups is 1. The van der Waals surface area contributed by atoms with Crippen LogP contribution < -0.4 is 16.0 Å². The maximum absolute atomic E-state index is 12.7. The molecule has 0 radical (unpaired) electrons. The van der Waals surface area contributed by atoms with E-state index in [2.05, 4.69) is 16.3 Å². The maximum Gasteiger partial charge on any atom is 0.231 e. The van der Waals surface area contributed by atoms with Gasteiger partial charge in [0.05, 0.1) is 5.41 Å². The van der Waals surface area contributed by atoms with Crippen molar-refractivity contribution < 1.29 is 4.79 Å². The van der Waals surface area contributed by atoms with Gasteiger partial charge in [0, 0.05) is 32.0 Å². The molecule has 4 heteroatoms. The quantitative estimate of drug-likeness (QED) is 0.896. The molecule has 1 aliphatic carbocycles. The monoisotopic (exact) mass is 289 g/mol. The fourth-order valence-electron chi connectivity index (χ4n) is 3.07. The highest BCUT2D eigenvalue weighted by molar-refractivity contribution is 5.96. The third-order valence-electron chi connectivity index (χ3n) is 4.66. The molecule has 0 saturated heterocycles. The number of benzene rings is 1. The van der Waals surface area contributed by atoms with E-state index in [0.29, 0.717) is 6.54 Å². The Hall–Kier alpha value is -1.55. The van der Waals surface area contributed by atoms with Gasteiger partial charge in [-0.15, -0.1) is 0 Å². The zero-order chi connectivity index (χ0) is 15.5. The molecule has 0 spiro atoms. The Labute approximate surface area is 127 Å². The molecule has 2 rings (SSSR count). The fraction of sp³-hybridized carbons (Fsp3) is 0.588. The van der Waals surface area contributed by atoms with Gasteiger partial charge in [-0.3, -0.25) is 4.79 Å². The van der Waals surface area contributed by atoms with Gasteiger partial charge in [0.1, 0.15) is 0 Å². The van der Waals surface area contributed by atoms with Gasteiger partial charge < -0.3 is 16.0 Å². The molecule has 0 aliphatic heterocycles. The Morgan fingerprint density at radius 2 is 1.95 bits per heavy atom. The minimum absolute atomic E-state index is 0.0883. The Morgan fingerprint density at radius 1 is 1.29 bits per heavy atom. The smallest absolute Gasteiger partial charge is 0.231 e. The highest BCUT2D eigenvalue weighted by atomic mass is 16.2. The number of nitrogens with one attached hydrogen (secondary N) is 1. The fourth-order valence-corrected chi connectivity index (χ4v) is 3.07. The van der Waals surface area contributed by atoms with Gasteiger partial charge >= 0.3 is 0 Å². The summed E-state index contributed by atoms with van der Waals surface area (Å²) in [5, 5.41) is 3.10. The van der Waals surface area contributed by atoms with Gasteiger partial charge in [-0.25, -0.2) is 0 Å². The van der Waals surface area contributed by atoms with Crippen molar-refractivity contribution in [3.8, 4) is 0 Å². The van der Waals surface area contributed by atoms with E-state index in [4.69, 9.17) is 5.73 Å². The second-order valence-electron chi connectivity index (χ2n) is 6.39. The topological polar surface area (TPSA) is 58.4 Å². The van der Waals surface area contributed by atoms with Crippen molar-refractivity contribution in [1.29, 1.82) is 0 Å². The van der Waals surface area contributed by atoms with Crippen molar-refractivity contribution >= 4 is 17.3 Å². The number of nitrogens with zero attached hydrogens (tertiary/aromatic N) is 1. The molecule has 21 heavy (non-hydrogen) atoms. The lowest BCUT2D eigenvalue weighted by Crippen LogP contribution is -2.43. The van der Waals surface area contributed by atoms with Crippen molar-refractivity contribution in [3.63, 3.8) is 0 Å². The third kappa shape index (κ3) is 3.38. The molecule has 1 aliphatic rings. The first-order valence-corrected chi connectivity index (χ1v) is 7.78. The first-order chi connectivity index (χ1) is 9.98. The molecule has 1 aromatic carbocycles. The second kappa shape index (κ2) is 6.48. The molecule has 0 bridgehead atoms. The summed E-state index contributed by atoms with van der Waals surface area (Å²) in [7, 11) is 4.02. The van der Waals surface area contributed by atoms with Crippen molar-refractivity contribution in [1.82, 2.24) is 0 Å². The number of rotatable bonds is 4. The van der Waals surface area contributed by atoms with E-state index < -0.39 is 0 Å². The van der Waals surface area contributed by atoms with E-state index in [9.17, 15) is 4.79 Å². The van der Waals surface area contributed by atoms with E-state index in [1.54, 1.807) is 0 Å². The Balaban J connectivity index is 2.15. The van der Waals surface area contributed by atoms with Crippen LogP contribution in [-0.4, -0.2) is 26.5 Å². The number of carbonyl (C=O) groups excluding carboxylic acids is 1. The lowest BCUT2D eigenvalue weighted by atomic mass is 9.73. The van der Waals surface area contributed by atoms with Crippen LogP contribution in [-0.2, 0) is 4.79 Å². The summed E-state index contributed by atoms with van der Waals surface area (Å²) in [6.07, 6.45) is 5.23. The van der Waals surface area contributed by atoms with E-state index in [0.717, 1.165) is 42.6 Å². The molecule has 1 saturated carbocycles. The Kier molecular flexibility index (Phi) is 4.88. The summed E-state index contributed by atoms with van der Waals surface area (Å²) in [5.41, 5.74) is 8.67. The lowest BCUT2D eigenvalue weighted by molar-refractivity contribution is -0.126. The van der Waals surface area contributed by atoms with Crippen LogP contribution in [0.4, 0.5) is 11.4 Å². The molecule has 1 fully saturated rings. The summed E-state index contributed by atoms with van der Waals surface area (Å²) in [6, 6.07) is 6.10. The lowest BCUT2D eigenvalue weighted by Gasteiger charge is -2.34. The second-order valence-corrected chi connectivity index (χ2v) is 6.39. The van der Waals surface area contributed by atoms with Crippen LogP contribution in [0.15, 0.2) is 18.2 Å². The predicted octanol–water partition coefficient (Wildman–Crippen LogP) is 2.91. The van der Waals surface area contributed by atoms with Crippen LogP contribution in [0, 0.1) is 12.3 Å². The van der Waals surface area contributed by atoms with Gasteiger partial charge in [0.15, 0.2) is 0 Å². The third-order valence-corrected chi connectivity index (χ3v) is 4.66. The molecule has 0 unspecified atom stereocenters. The average molecular weight is 289 g/mol. The zero-order valence-corrected chi connectivity index (χ0v) is 13.4. The number of nitrogens with two attached hydrogens (primary N) is 1. The molecule has 116 valence electrons. The first-order valence-electron chi connectivity index (χ1n) is 7.78. The van der Waals surface area contributed by atoms with Gasteiger partial charge in [0.2, 0.25) is 5.91 Å². The van der Waals surface area contributed by atoms with Crippen molar-refractivity contribution in [2.45, 2.75) is 39.0 Å². The molecule has 4 nitrogen and oxygen atoms in total. The molecular weight excluding hydrogens is 262 g/mol. The minimum atomic E-state index is -0.370. The van der Waals surface area contributed by atoms with E-state index >= 15 is 0 Å². The normalized spacial score (nSPS) is 17.3. The Bertz CT molecular complexity index is 505.